The van der Waals surface area contributed by atoms with Gasteiger partial charge in [0.25, 0.3) is 0 Å². The monoisotopic (exact) mass is 284 g/mol. The average molecular weight is 284 g/mol. The Morgan fingerprint density at radius 2 is 1.95 bits per heavy atom. The fourth-order valence-corrected chi connectivity index (χ4v) is 3.62. The van der Waals surface area contributed by atoms with Crippen LogP contribution in [0.25, 0.3) is 11.0 Å². The van der Waals surface area contributed by atoms with Gasteiger partial charge in [-0.1, -0.05) is 32.4 Å². The van der Waals surface area contributed by atoms with Crippen LogP contribution in [0.2, 0.25) is 0 Å². The summed E-state index contributed by atoms with van der Waals surface area (Å²) in [5.41, 5.74) is 1.92. The zero-order valence-corrected chi connectivity index (χ0v) is 13.4. The Morgan fingerprint density at radius 1 is 1.19 bits per heavy atom. The van der Waals surface area contributed by atoms with E-state index in [2.05, 4.69) is 45.9 Å². The smallest absolute Gasteiger partial charge is 0.137 e. The molecule has 0 bridgehead atoms. The Hall–Kier alpha value is -1.57. The summed E-state index contributed by atoms with van der Waals surface area (Å²) in [6.07, 6.45) is 2.83. The Kier molecular flexibility index (Phi) is 3.43. The number of aryl methyl sites for hydroxylation is 1. The molecule has 21 heavy (non-hydrogen) atoms. The van der Waals surface area contributed by atoms with Gasteiger partial charge in [-0.15, -0.1) is 0 Å². The first-order valence-corrected chi connectivity index (χ1v) is 7.91. The molecule has 2 unspecified atom stereocenters. The van der Waals surface area contributed by atoms with Gasteiger partial charge < -0.3 is 4.42 Å². The van der Waals surface area contributed by atoms with Crippen LogP contribution < -0.4 is 0 Å². The van der Waals surface area contributed by atoms with Crippen molar-refractivity contribution >= 4 is 16.8 Å². The lowest BCUT2D eigenvalue weighted by molar-refractivity contribution is -0.128. The van der Waals surface area contributed by atoms with Gasteiger partial charge in [0, 0.05) is 23.1 Å². The maximum Gasteiger partial charge on any atom is 0.137 e. The summed E-state index contributed by atoms with van der Waals surface area (Å²) >= 11 is 0. The SMILES string of the molecule is Cc1ccc2oc(C(C)(C)C3CCC(C)CC3=O)cc2c1. The van der Waals surface area contributed by atoms with E-state index in [0.717, 1.165) is 29.6 Å². The third-order valence-electron chi connectivity index (χ3n) is 5.06. The number of rotatable bonds is 2. The van der Waals surface area contributed by atoms with E-state index in [4.69, 9.17) is 4.42 Å². The summed E-state index contributed by atoms with van der Waals surface area (Å²) in [5.74, 6) is 1.95. The molecule has 1 saturated carbocycles. The molecule has 2 aromatic rings. The topological polar surface area (TPSA) is 30.2 Å². The lowest BCUT2D eigenvalue weighted by atomic mass is 9.67. The number of hydrogen-bond donors (Lipinski definition) is 0. The van der Waals surface area contributed by atoms with Gasteiger partial charge in [0.1, 0.15) is 17.1 Å². The highest BCUT2D eigenvalue weighted by atomic mass is 16.3. The van der Waals surface area contributed by atoms with E-state index >= 15 is 0 Å². The molecule has 2 nitrogen and oxygen atoms in total. The third kappa shape index (κ3) is 2.52. The summed E-state index contributed by atoms with van der Waals surface area (Å²) < 4.78 is 6.06. The minimum Gasteiger partial charge on any atom is -0.460 e. The highest BCUT2D eigenvalue weighted by Crippen LogP contribution is 2.42. The summed E-state index contributed by atoms with van der Waals surface area (Å²) in [5, 5.41) is 1.13. The molecule has 1 aliphatic carbocycles. The van der Waals surface area contributed by atoms with Crippen molar-refractivity contribution in [3.05, 3.63) is 35.6 Å². The maximum atomic E-state index is 12.5. The molecule has 0 aliphatic heterocycles. The molecule has 2 atom stereocenters. The molecule has 112 valence electrons. The van der Waals surface area contributed by atoms with Gasteiger partial charge in [-0.2, -0.15) is 0 Å². The van der Waals surface area contributed by atoms with E-state index in [1.807, 2.05) is 6.07 Å². The van der Waals surface area contributed by atoms with E-state index in [1.54, 1.807) is 0 Å². The van der Waals surface area contributed by atoms with E-state index in [9.17, 15) is 4.79 Å². The predicted molar refractivity (Wildman–Crippen MR) is 85.5 cm³/mol. The first kappa shape index (κ1) is 14.4. The molecule has 1 aliphatic rings. The molecule has 0 radical (unpaired) electrons. The number of hydrogen-bond acceptors (Lipinski definition) is 2. The van der Waals surface area contributed by atoms with Crippen LogP contribution in [-0.4, -0.2) is 5.78 Å². The van der Waals surface area contributed by atoms with E-state index in [1.165, 1.54) is 5.56 Å². The first-order chi connectivity index (χ1) is 9.88. The normalized spacial score (nSPS) is 23.7. The molecular weight excluding hydrogens is 260 g/mol. The molecule has 3 rings (SSSR count). The van der Waals surface area contributed by atoms with Crippen LogP contribution in [0.4, 0.5) is 0 Å². The molecule has 1 heterocycles. The summed E-state index contributed by atoms with van der Waals surface area (Å²) in [6.45, 7) is 8.56. The second kappa shape index (κ2) is 5.01. The second-order valence-electron chi connectivity index (χ2n) is 7.28. The van der Waals surface area contributed by atoms with E-state index < -0.39 is 0 Å². The molecule has 0 spiro atoms. The van der Waals surface area contributed by atoms with Crippen molar-refractivity contribution in [3.8, 4) is 0 Å². The van der Waals surface area contributed by atoms with E-state index in [-0.39, 0.29) is 11.3 Å². The van der Waals surface area contributed by atoms with Crippen molar-refractivity contribution < 1.29 is 9.21 Å². The van der Waals surface area contributed by atoms with Crippen LogP contribution in [0, 0.1) is 18.8 Å². The van der Waals surface area contributed by atoms with Crippen molar-refractivity contribution in [2.45, 2.75) is 52.4 Å². The fraction of sp³-hybridized carbons (Fsp3) is 0.526. The highest BCUT2D eigenvalue weighted by molar-refractivity contribution is 5.84. The van der Waals surface area contributed by atoms with Crippen molar-refractivity contribution in [3.63, 3.8) is 0 Å². The predicted octanol–water partition coefficient (Wildman–Crippen LogP) is 5.02. The van der Waals surface area contributed by atoms with Gasteiger partial charge in [-0.25, -0.2) is 0 Å². The van der Waals surface area contributed by atoms with Crippen molar-refractivity contribution in [1.82, 2.24) is 0 Å². The Labute approximate surface area is 126 Å². The first-order valence-electron chi connectivity index (χ1n) is 7.91. The number of ketones is 1. The summed E-state index contributed by atoms with van der Waals surface area (Å²) in [6, 6.07) is 8.35. The second-order valence-corrected chi connectivity index (χ2v) is 7.28. The number of fused-ring (bicyclic) bond motifs is 1. The molecule has 0 saturated heterocycles. The van der Waals surface area contributed by atoms with Crippen LogP contribution in [0.15, 0.2) is 28.7 Å². The van der Waals surface area contributed by atoms with Crippen LogP contribution in [0.1, 0.15) is 51.4 Å². The van der Waals surface area contributed by atoms with Crippen LogP contribution in [-0.2, 0) is 10.2 Å². The Morgan fingerprint density at radius 3 is 2.67 bits per heavy atom. The van der Waals surface area contributed by atoms with Crippen molar-refractivity contribution in [2.75, 3.05) is 0 Å². The molecule has 1 aromatic carbocycles. The standard InChI is InChI=1S/C19H24O2/c1-12-6-8-17-14(9-12)11-18(21-17)19(3,4)15-7-5-13(2)10-16(15)20/h6,8-9,11,13,15H,5,7,10H2,1-4H3. The minimum atomic E-state index is -0.232. The molecule has 0 N–H and O–H groups in total. The Bertz CT molecular complexity index is 678. The van der Waals surface area contributed by atoms with Crippen molar-refractivity contribution in [1.29, 1.82) is 0 Å². The van der Waals surface area contributed by atoms with E-state index in [0.29, 0.717) is 18.1 Å². The molecular formula is C19H24O2. The van der Waals surface area contributed by atoms with Crippen molar-refractivity contribution in [2.24, 2.45) is 11.8 Å². The van der Waals surface area contributed by atoms with Gasteiger partial charge in [0.15, 0.2) is 0 Å². The van der Waals surface area contributed by atoms with Gasteiger partial charge in [0.2, 0.25) is 0 Å². The molecule has 0 amide bonds. The zero-order valence-electron chi connectivity index (χ0n) is 13.4. The lowest BCUT2D eigenvalue weighted by Crippen LogP contribution is -2.38. The number of Topliss-reactive ketones (excluding diaryl/α,β-unsaturated/α-hetero) is 1. The molecule has 1 aromatic heterocycles. The number of furan rings is 1. The number of benzene rings is 1. The van der Waals surface area contributed by atoms with Gasteiger partial charge in [-0.05, 0) is 43.9 Å². The largest absolute Gasteiger partial charge is 0.460 e. The summed E-state index contributed by atoms with van der Waals surface area (Å²) in [7, 11) is 0. The number of carbonyl (C=O) groups is 1. The average Bonchev–Trinajstić information content (AvgIpc) is 2.81. The molecule has 2 heteroatoms. The number of carbonyl (C=O) groups excluding carboxylic acids is 1. The summed E-state index contributed by atoms with van der Waals surface area (Å²) in [4.78, 5) is 12.5. The van der Waals surface area contributed by atoms with Crippen LogP contribution in [0.5, 0.6) is 0 Å². The van der Waals surface area contributed by atoms with Crippen LogP contribution >= 0.6 is 0 Å². The zero-order chi connectivity index (χ0) is 15.2. The minimum absolute atomic E-state index is 0.0790. The third-order valence-corrected chi connectivity index (χ3v) is 5.06. The van der Waals surface area contributed by atoms with Crippen LogP contribution in [0.3, 0.4) is 0 Å². The highest BCUT2D eigenvalue weighted by Gasteiger charge is 2.41. The Balaban J connectivity index is 1.97. The lowest BCUT2D eigenvalue weighted by Gasteiger charge is -2.36. The quantitative estimate of drug-likeness (QED) is 0.774. The fourth-order valence-electron chi connectivity index (χ4n) is 3.62. The van der Waals surface area contributed by atoms with Gasteiger partial charge in [0.05, 0.1) is 0 Å². The molecule has 1 fully saturated rings. The van der Waals surface area contributed by atoms with Gasteiger partial charge in [-0.3, -0.25) is 4.79 Å². The van der Waals surface area contributed by atoms with Gasteiger partial charge >= 0.3 is 0 Å². The maximum absolute atomic E-state index is 12.5.